The monoisotopic (exact) mass is 291 g/mol. The molecule has 0 atom stereocenters. The number of aromatic nitrogens is 2. The van der Waals surface area contributed by atoms with Gasteiger partial charge in [-0.1, -0.05) is 12.8 Å². The highest BCUT2D eigenvalue weighted by Crippen LogP contribution is 2.29. The molecule has 2 fully saturated rings. The van der Waals surface area contributed by atoms with Gasteiger partial charge in [0.1, 0.15) is 6.54 Å². The van der Waals surface area contributed by atoms with Crippen molar-refractivity contribution in [2.45, 2.75) is 31.2 Å². The van der Waals surface area contributed by atoms with Gasteiger partial charge in [-0.3, -0.25) is 14.3 Å². The summed E-state index contributed by atoms with van der Waals surface area (Å²) in [4.78, 5) is 28.1. The van der Waals surface area contributed by atoms with Gasteiger partial charge in [-0.25, -0.2) is 0 Å². The molecule has 1 saturated heterocycles. The molecule has 0 unspecified atom stereocenters. The number of hydrogen-bond acceptors (Lipinski definition) is 4. The van der Waals surface area contributed by atoms with Gasteiger partial charge in [-0.15, -0.1) is 0 Å². The number of rotatable bonds is 2. The molecule has 7 heteroatoms. The summed E-state index contributed by atoms with van der Waals surface area (Å²) >= 11 is 0. The van der Waals surface area contributed by atoms with E-state index in [1.54, 1.807) is 26.9 Å². The number of aryl methyl sites for hydroxylation is 1. The number of nitrogens with zero attached hydrogens (tertiary/aromatic N) is 4. The van der Waals surface area contributed by atoms with E-state index in [1.807, 2.05) is 7.05 Å². The van der Waals surface area contributed by atoms with Gasteiger partial charge in [-0.2, -0.15) is 5.10 Å². The number of nitrogens with two attached hydrogens (primary N) is 1. The van der Waals surface area contributed by atoms with Gasteiger partial charge in [0.2, 0.25) is 11.8 Å². The lowest BCUT2D eigenvalue weighted by Gasteiger charge is -2.37. The van der Waals surface area contributed by atoms with Crippen LogP contribution in [-0.4, -0.2) is 51.7 Å². The van der Waals surface area contributed by atoms with Crippen molar-refractivity contribution in [3.63, 3.8) is 0 Å². The van der Waals surface area contributed by atoms with Gasteiger partial charge in [-0.05, 0) is 12.8 Å². The van der Waals surface area contributed by atoms with E-state index in [4.69, 9.17) is 5.73 Å². The van der Waals surface area contributed by atoms with Gasteiger partial charge in [0.15, 0.2) is 0 Å². The largest absolute Gasteiger partial charge is 0.330 e. The summed E-state index contributed by atoms with van der Waals surface area (Å²) < 4.78 is 1.66. The molecule has 1 saturated carbocycles. The van der Waals surface area contributed by atoms with Crippen molar-refractivity contribution in [1.29, 1.82) is 0 Å². The Hall–Kier alpha value is -1.89. The zero-order valence-corrected chi connectivity index (χ0v) is 12.3. The maximum Gasteiger partial charge on any atom is 0.246 e. The van der Waals surface area contributed by atoms with Crippen molar-refractivity contribution in [3.8, 4) is 0 Å². The molecule has 7 nitrogen and oxygen atoms in total. The molecule has 21 heavy (non-hydrogen) atoms. The van der Waals surface area contributed by atoms with E-state index in [2.05, 4.69) is 5.10 Å². The van der Waals surface area contributed by atoms with Gasteiger partial charge in [0.25, 0.3) is 0 Å². The number of hydrogen-bond donors (Lipinski definition) is 1. The SMILES string of the molecule is Cn1cc(N2CCN(C(=O)C3(N)CCCC3)CC2=O)cn1. The predicted molar refractivity (Wildman–Crippen MR) is 77.5 cm³/mol. The fourth-order valence-corrected chi connectivity index (χ4v) is 3.20. The van der Waals surface area contributed by atoms with Gasteiger partial charge >= 0.3 is 0 Å². The standard InChI is InChI=1S/C14H21N5O2/c1-17-9-11(8-16-17)19-7-6-18(10-12(19)20)13(21)14(15)4-2-3-5-14/h8-9H,2-7,10,15H2,1H3. The third-order valence-electron chi connectivity index (χ3n) is 4.43. The topological polar surface area (TPSA) is 84.5 Å². The first kappa shape index (κ1) is 14.1. The Morgan fingerprint density at radius 3 is 2.62 bits per heavy atom. The van der Waals surface area contributed by atoms with Gasteiger partial charge in [0.05, 0.1) is 17.4 Å². The molecule has 1 aliphatic heterocycles. The Bertz CT molecular complexity index is 561. The second-order valence-electron chi connectivity index (χ2n) is 6.01. The highest BCUT2D eigenvalue weighted by Gasteiger charge is 2.42. The Labute approximate surface area is 123 Å². The molecule has 3 rings (SSSR count). The molecule has 0 aromatic carbocycles. The van der Waals surface area contributed by atoms with Crippen molar-refractivity contribution < 1.29 is 9.59 Å². The zero-order chi connectivity index (χ0) is 15.0. The van der Waals surface area contributed by atoms with Crippen LogP contribution in [0.2, 0.25) is 0 Å². The van der Waals surface area contributed by atoms with Crippen LogP contribution in [0.5, 0.6) is 0 Å². The maximum absolute atomic E-state index is 12.5. The van der Waals surface area contributed by atoms with E-state index in [9.17, 15) is 9.59 Å². The first-order chi connectivity index (χ1) is 9.99. The quantitative estimate of drug-likeness (QED) is 0.822. The summed E-state index contributed by atoms with van der Waals surface area (Å²) in [6.45, 7) is 1.12. The molecule has 0 spiro atoms. The molecule has 2 aliphatic rings. The van der Waals surface area contributed by atoms with Crippen LogP contribution in [0.15, 0.2) is 12.4 Å². The summed E-state index contributed by atoms with van der Waals surface area (Å²) in [5.41, 5.74) is 6.22. The zero-order valence-electron chi connectivity index (χ0n) is 12.3. The van der Waals surface area contributed by atoms with Crippen LogP contribution >= 0.6 is 0 Å². The molecule has 2 amide bonds. The first-order valence-electron chi connectivity index (χ1n) is 7.37. The summed E-state index contributed by atoms with van der Waals surface area (Å²) in [5, 5.41) is 4.08. The van der Waals surface area contributed by atoms with Crippen molar-refractivity contribution in [2.75, 3.05) is 24.5 Å². The molecule has 2 N–H and O–H groups in total. The average Bonchev–Trinajstić information content (AvgIpc) is 3.07. The molecule has 2 heterocycles. The molecule has 0 radical (unpaired) electrons. The minimum atomic E-state index is -0.753. The Balaban J connectivity index is 1.68. The maximum atomic E-state index is 12.5. The summed E-state index contributed by atoms with van der Waals surface area (Å²) in [5.74, 6) is -0.150. The summed E-state index contributed by atoms with van der Waals surface area (Å²) in [6.07, 6.45) is 6.90. The average molecular weight is 291 g/mol. The van der Waals surface area contributed by atoms with Crippen LogP contribution < -0.4 is 10.6 Å². The fraction of sp³-hybridized carbons (Fsp3) is 0.643. The number of carbonyl (C=O) groups excluding carboxylic acids is 2. The van der Waals surface area contributed by atoms with Crippen LogP contribution in [0.1, 0.15) is 25.7 Å². The third kappa shape index (κ3) is 2.53. The van der Waals surface area contributed by atoms with E-state index < -0.39 is 5.54 Å². The van der Waals surface area contributed by atoms with Crippen LogP contribution in [0.25, 0.3) is 0 Å². The Kier molecular flexibility index (Phi) is 3.44. The summed E-state index contributed by atoms with van der Waals surface area (Å²) in [6, 6.07) is 0. The van der Waals surface area contributed by atoms with E-state index in [0.29, 0.717) is 13.1 Å². The Morgan fingerprint density at radius 2 is 2.05 bits per heavy atom. The lowest BCUT2D eigenvalue weighted by atomic mass is 9.97. The Morgan fingerprint density at radius 1 is 1.33 bits per heavy atom. The number of amides is 2. The number of carbonyl (C=O) groups is 2. The lowest BCUT2D eigenvalue weighted by Crippen LogP contribution is -2.60. The highest BCUT2D eigenvalue weighted by atomic mass is 16.2. The molecular weight excluding hydrogens is 270 g/mol. The lowest BCUT2D eigenvalue weighted by molar-refractivity contribution is -0.141. The van der Waals surface area contributed by atoms with Crippen molar-refractivity contribution in [1.82, 2.24) is 14.7 Å². The van der Waals surface area contributed by atoms with Crippen molar-refractivity contribution in [3.05, 3.63) is 12.4 Å². The molecule has 1 aliphatic carbocycles. The second kappa shape index (κ2) is 5.14. The van der Waals surface area contributed by atoms with E-state index in [1.165, 1.54) is 0 Å². The normalized spacial score (nSPS) is 21.9. The van der Waals surface area contributed by atoms with Gasteiger partial charge < -0.3 is 15.5 Å². The molecule has 114 valence electrons. The first-order valence-corrected chi connectivity index (χ1v) is 7.37. The molecular formula is C14H21N5O2. The van der Waals surface area contributed by atoms with Crippen LogP contribution in [-0.2, 0) is 16.6 Å². The molecule has 1 aromatic heterocycles. The fourth-order valence-electron chi connectivity index (χ4n) is 3.20. The van der Waals surface area contributed by atoms with Crippen LogP contribution in [0.3, 0.4) is 0 Å². The van der Waals surface area contributed by atoms with E-state index in [0.717, 1.165) is 31.4 Å². The molecule has 0 bridgehead atoms. The van der Waals surface area contributed by atoms with E-state index in [-0.39, 0.29) is 18.4 Å². The smallest absolute Gasteiger partial charge is 0.246 e. The summed E-state index contributed by atoms with van der Waals surface area (Å²) in [7, 11) is 1.81. The van der Waals surface area contributed by atoms with Crippen LogP contribution in [0.4, 0.5) is 5.69 Å². The van der Waals surface area contributed by atoms with Crippen molar-refractivity contribution >= 4 is 17.5 Å². The number of anilines is 1. The van der Waals surface area contributed by atoms with E-state index >= 15 is 0 Å². The van der Waals surface area contributed by atoms with Crippen LogP contribution in [0, 0.1) is 0 Å². The highest BCUT2D eigenvalue weighted by molar-refractivity contribution is 5.99. The predicted octanol–water partition coefficient (Wildman–Crippen LogP) is -0.133. The number of piperazine rings is 1. The van der Waals surface area contributed by atoms with Crippen molar-refractivity contribution in [2.24, 2.45) is 12.8 Å². The van der Waals surface area contributed by atoms with Gasteiger partial charge in [0, 0.05) is 26.3 Å². The molecule has 1 aromatic rings. The third-order valence-corrected chi connectivity index (χ3v) is 4.43. The minimum absolute atomic E-state index is 0.0702. The second-order valence-corrected chi connectivity index (χ2v) is 6.01. The minimum Gasteiger partial charge on any atom is -0.330 e.